The van der Waals surface area contributed by atoms with E-state index in [9.17, 15) is 9.59 Å². The van der Waals surface area contributed by atoms with Gasteiger partial charge >= 0.3 is 0 Å². The van der Waals surface area contributed by atoms with E-state index in [1.54, 1.807) is 6.92 Å². The van der Waals surface area contributed by atoms with Crippen LogP contribution < -0.4 is 15.4 Å². The Morgan fingerprint density at radius 1 is 1.00 bits per heavy atom. The smallest absolute Gasteiger partial charge is 0.261 e. The number of benzene rings is 3. The Hall–Kier alpha value is -3.85. The van der Waals surface area contributed by atoms with E-state index in [2.05, 4.69) is 27.8 Å². The molecule has 0 bridgehead atoms. The van der Waals surface area contributed by atoms with Gasteiger partial charge in [0.05, 0.1) is 12.3 Å². The lowest BCUT2D eigenvalue weighted by molar-refractivity contribution is -0.127. The van der Waals surface area contributed by atoms with Crippen molar-refractivity contribution in [2.75, 3.05) is 11.1 Å². The Balaban J connectivity index is 1.30. The first-order chi connectivity index (χ1) is 18.0. The molecule has 4 rings (SSSR count). The van der Waals surface area contributed by atoms with Crippen molar-refractivity contribution in [2.45, 2.75) is 51.5 Å². The van der Waals surface area contributed by atoms with Crippen molar-refractivity contribution in [3.8, 4) is 5.75 Å². The number of anilines is 1. The van der Waals surface area contributed by atoms with Crippen LogP contribution in [0.5, 0.6) is 5.75 Å². The van der Waals surface area contributed by atoms with Crippen molar-refractivity contribution in [2.24, 2.45) is 0 Å². The third-order valence-corrected chi connectivity index (χ3v) is 6.91. The highest BCUT2D eigenvalue weighted by Crippen LogP contribution is 2.24. The van der Waals surface area contributed by atoms with E-state index in [1.807, 2.05) is 78.2 Å². The Morgan fingerprint density at radius 3 is 2.51 bits per heavy atom. The number of amides is 2. The summed E-state index contributed by atoms with van der Waals surface area (Å²) in [5.41, 5.74) is 1.99. The number of hydrogen-bond donors (Lipinski definition) is 2. The number of aryl methyl sites for hydroxylation is 1. The highest BCUT2D eigenvalue weighted by Gasteiger charge is 2.18. The van der Waals surface area contributed by atoms with Gasteiger partial charge in [0.2, 0.25) is 5.91 Å². The van der Waals surface area contributed by atoms with Crippen LogP contribution >= 0.6 is 11.8 Å². The minimum Gasteiger partial charge on any atom is -0.481 e. The van der Waals surface area contributed by atoms with Gasteiger partial charge in [-0.2, -0.15) is 0 Å². The van der Waals surface area contributed by atoms with Gasteiger partial charge < -0.3 is 19.9 Å². The van der Waals surface area contributed by atoms with Crippen LogP contribution in [0, 0.1) is 0 Å². The molecule has 0 aliphatic rings. The Bertz CT molecular complexity index is 1360. The number of thioether (sulfide) groups is 1. The van der Waals surface area contributed by atoms with Gasteiger partial charge in [0, 0.05) is 17.6 Å². The van der Waals surface area contributed by atoms with Crippen molar-refractivity contribution >= 4 is 40.0 Å². The Kier molecular flexibility index (Phi) is 8.79. The topological polar surface area (TPSA) is 98.1 Å². The lowest BCUT2D eigenvalue weighted by Crippen LogP contribution is -2.36. The van der Waals surface area contributed by atoms with E-state index in [0.29, 0.717) is 23.3 Å². The van der Waals surface area contributed by atoms with Gasteiger partial charge in [0.15, 0.2) is 17.1 Å². The second-order valence-electron chi connectivity index (χ2n) is 8.48. The molecule has 0 spiro atoms. The molecule has 0 saturated heterocycles. The average molecular weight is 518 g/mol. The van der Waals surface area contributed by atoms with Crippen LogP contribution in [0.25, 0.3) is 10.8 Å². The predicted octanol–water partition coefficient (Wildman–Crippen LogP) is 4.83. The number of rotatable bonds is 11. The molecule has 0 saturated carbocycles. The quantitative estimate of drug-likeness (QED) is 0.277. The van der Waals surface area contributed by atoms with Gasteiger partial charge in [-0.15, -0.1) is 10.2 Å². The zero-order chi connectivity index (χ0) is 26.2. The van der Waals surface area contributed by atoms with E-state index < -0.39 is 6.10 Å². The fourth-order valence-corrected chi connectivity index (χ4v) is 4.72. The second-order valence-corrected chi connectivity index (χ2v) is 9.42. The lowest BCUT2D eigenvalue weighted by Gasteiger charge is -2.15. The highest BCUT2D eigenvalue weighted by atomic mass is 32.2. The van der Waals surface area contributed by atoms with Crippen LogP contribution in [-0.4, -0.2) is 38.4 Å². The molecular formula is C28H31N5O3S. The zero-order valence-electron chi connectivity index (χ0n) is 21.2. The Labute approximate surface area is 220 Å². The van der Waals surface area contributed by atoms with Gasteiger partial charge in [-0.25, -0.2) is 0 Å². The molecule has 1 aromatic heterocycles. The summed E-state index contributed by atoms with van der Waals surface area (Å²) in [6.07, 6.45) is 0.293. The molecule has 1 heterocycles. The van der Waals surface area contributed by atoms with E-state index in [0.717, 1.165) is 22.9 Å². The van der Waals surface area contributed by atoms with Crippen molar-refractivity contribution < 1.29 is 14.3 Å². The van der Waals surface area contributed by atoms with Crippen LogP contribution in [0.2, 0.25) is 0 Å². The summed E-state index contributed by atoms with van der Waals surface area (Å²) in [6, 6.07) is 21.5. The highest BCUT2D eigenvalue weighted by molar-refractivity contribution is 7.99. The SMILES string of the molecule is CCc1ccc(O[C@H](C)C(=O)NCc2nnc(SCC(=O)Nc3cccc4ccccc34)n2CC)cc1. The van der Waals surface area contributed by atoms with Gasteiger partial charge in [-0.05, 0) is 49.4 Å². The van der Waals surface area contributed by atoms with Gasteiger partial charge in [0.25, 0.3) is 5.91 Å². The van der Waals surface area contributed by atoms with Crippen LogP contribution in [0.15, 0.2) is 71.9 Å². The van der Waals surface area contributed by atoms with E-state index in [1.165, 1.54) is 17.3 Å². The largest absolute Gasteiger partial charge is 0.481 e. The maximum atomic E-state index is 12.7. The molecule has 3 aromatic carbocycles. The molecule has 0 unspecified atom stereocenters. The maximum absolute atomic E-state index is 12.7. The third kappa shape index (κ3) is 6.68. The molecule has 192 valence electrons. The van der Waals surface area contributed by atoms with Gasteiger partial charge in [-0.3, -0.25) is 9.59 Å². The van der Waals surface area contributed by atoms with Crippen molar-refractivity contribution in [1.29, 1.82) is 0 Å². The molecule has 0 radical (unpaired) electrons. The van der Waals surface area contributed by atoms with Gasteiger partial charge in [-0.1, -0.05) is 67.2 Å². The van der Waals surface area contributed by atoms with E-state index in [-0.39, 0.29) is 24.1 Å². The van der Waals surface area contributed by atoms with E-state index in [4.69, 9.17) is 4.74 Å². The van der Waals surface area contributed by atoms with Crippen molar-refractivity contribution in [3.63, 3.8) is 0 Å². The summed E-state index contributed by atoms with van der Waals surface area (Å²) in [6.45, 7) is 6.60. The first kappa shape index (κ1) is 26.2. The number of aromatic nitrogens is 3. The molecule has 4 aromatic rings. The molecule has 0 aliphatic carbocycles. The van der Waals surface area contributed by atoms with Gasteiger partial charge in [0.1, 0.15) is 5.75 Å². The minimum absolute atomic E-state index is 0.125. The number of hydrogen-bond acceptors (Lipinski definition) is 6. The van der Waals surface area contributed by atoms with Crippen molar-refractivity contribution in [1.82, 2.24) is 20.1 Å². The first-order valence-electron chi connectivity index (χ1n) is 12.3. The molecule has 9 heteroatoms. The van der Waals surface area contributed by atoms with Crippen LogP contribution in [-0.2, 0) is 29.1 Å². The summed E-state index contributed by atoms with van der Waals surface area (Å²) >= 11 is 1.31. The molecule has 2 amide bonds. The Morgan fingerprint density at radius 2 is 1.76 bits per heavy atom. The summed E-state index contributed by atoms with van der Waals surface area (Å²) in [5.74, 6) is 1.09. The maximum Gasteiger partial charge on any atom is 0.261 e. The normalized spacial score (nSPS) is 11.8. The molecule has 0 fully saturated rings. The monoisotopic (exact) mass is 517 g/mol. The average Bonchev–Trinajstić information content (AvgIpc) is 3.32. The predicted molar refractivity (Wildman–Crippen MR) is 147 cm³/mol. The standard InChI is InChI=1S/C28H31N5O3S/c1-4-20-13-15-22(16-14-20)36-19(3)27(35)29-17-25-31-32-28(33(25)5-2)37-18-26(34)30-24-12-8-10-21-9-6-7-11-23(21)24/h6-16,19H,4-5,17-18H2,1-3H3,(H,29,35)(H,30,34)/t19-/m1/s1. The summed E-state index contributed by atoms with van der Waals surface area (Å²) in [5, 5.41) is 17.0. The van der Waals surface area contributed by atoms with Crippen molar-refractivity contribution in [3.05, 3.63) is 78.1 Å². The van der Waals surface area contributed by atoms with E-state index >= 15 is 0 Å². The zero-order valence-corrected chi connectivity index (χ0v) is 22.0. The number of carbonyl (C=O) groups is 2. The molecule has 1 atom stereocenters. The number of nitrogens with zero attached hydrogens (tertiary/aromatic N) is 3. The summed E-state index contributed by atoms with van der Waals surface area (Å²) in [7, 11) is 0. The molecule has 0 aliphatic heterocycles. The fraction of sp³-hybridized carbons (Fsp3) is 0.286. The molecule has 37 heavy (non-hydrogen) atoms. The number of fused-ring (bicyclic) bond motifs is 1. The first-order valence-corrected chi connectivity index (χ1v) is 13.3. The number of ether oxygens (including phenoxy) is 1. The second kappa shape index (κ2) is 12.4. The molecule has 8 nitrogen and oxygen atoms in total. The molecule has 2 N–H and O–H groups in total. The number of carbonyl (C=O) groups excluding carboxylic acids is 2. The lowest BCUT2D eigenvalue weighted by atomic mass is 10.1. The number of nitrogens with one attached hydrogen (secondary N) is 2. The third-order valence-electron chi connectivity index (χ3n) is 5.94. The summed E-state index contributed by atoms with van der Waals surface area (Å²) in [4.78, 5) is 25.2. The van der Waals surface area contributed by atoms with Crippen LogP contribution in [0.4, 0.5) is 5.69 Å². The van der Waals surface area contributed by atoms with Crippen LogP contribution in [0.3, 0.4) is 0 Å². The summed E-state index contributed by atoms with van der Waals surface area (Å²) < 4.78 is 7.66. The fourth-order valence-electron chi connectivity index (χ4n) is 3.90. The molecular weight excluding hydrogens is 486 g/mol. The van der Waals surface area contributed by atoms with Crippen LogP contribution in [0.1, 0.15) is 32.2 Å². The minimum atomic E-state index is -0.655.